The Kier molecular flexibility index (Phi) is 4.24. The van der Waals surface area contributed by atoms with Crippen LogP contribution in [0.1, 0.15) is 29.7 Å². The van der Waals surface area contributed by atoms with Crippen LogP contribution in [-0.2, 0) is 22.6 Å². The van der Waals surface area contributed by atoms with Gasteiger partial charge in [-0.25, -0.2) is 0 Å². The number of benzene rings is 2. The zero-order valence-corrected chi connectivity index (χ0v) is 14.5. The van der Waals surface area contributed by atoms with Gasteiger partial charge in [-0.1, -0.05) is 30.3 Å². The number of hydrogen-bond donors (Lipinski definition) is 1. The molecule has 2 amide bonds. The van der Waals surface area contributed by atoms with Gasteiger partial charge in [0, 0.05) is 20.0 Å². The van der Waals surface area contributed by atoms with Crippen LogP contribution in [0.4, 0.5) is 0 Å². The van der Waals surface area contributed by atoms with Gasteiger partial charge in [-0.2, -0.15) is 0 Å². The molecular weight excluding hydrogens is 332 g/mol. The summed E-state index contributed by atoms with van der Waals surface area (Å²) < 4.78 is 10.7. The third-order valence-electron chi connectivity index (χ3n) is 4.84. The fourth-order valence-electron chi connectivity index (χ4n) is 3.53. The van der Waals surface area contributed by atoms with E-state index in [1.54, 1.807) is 4.90 Å². The molecule has 0 saturated carbocycles. The summed E-state index contributed by atoms with van der Waals surface area (Å²) >= 11 is 0. The van der Waals surface area contributed by atoms with Crippen molar-refractivity contribution in [1.29, 1.82) is 0 Å². The average molecular weight is 352 g/mol. The van der Waals surface area contributed by atoms with Crippen molar-refractivity contribution >= 4 is 11.8 Å². The second kappa shape index (κ2) is 6.71. The van der Waals surface area contributed by atoms with Gasteiger partial charge in [0.15, 0.2) is 11.5 Å². The maximum atomic E-state index is 12.9. The smallest absolute Gasteiger partial charge is 0.247 e. The highest BCUT2D eigenvalue weighted by atomic mass is 16.7. The van der Waals surface area contributed by atoms with Crippen LogP contribution in [0.25, 0.3) is 0 Å². The van der Waals surface area contributed by atoms with Gasteiger partial charge in [0.1, 0.15) is 6.04 Å². The fourth-order valence-corrected chi connectivity index (χ4v) is 3.53. The minimum absolute atomic E-state index is 0.0947. The number of carbonyl (C=O) groups excluding carboxylic acids is 2. The summed E-state index contributed by atoms with van der Waals surface area (Å²) in [4.78, 5) is 26.6. The molecule has 0 fully saturated rings. The highest BCUT2D eigenvalue weighted by Gasteiger charge is 2.34. The third-order valence-corrected chi connectivity index (χ3v) is 4.84. The van der Waals surface area contributed by atoms with Crippen LogP contribution in [0.5, 0.6) is 11.5 Å². The van der Waals surface area contributed by atoms with E-state index in [9.17, 15) is 9.59 Å². The number of carbonyl (C=O) groups is 2. The van der Waals surface area contributed by atoms with Crippen LogP contribution in [0.3, 0.4) is 0 Å². The molecule has 0 saturated heterocycles. The number of rotatable bonds is 3. The number of hydrogen-bond acceptors (Lipinski definition) is 4. The Morgan fingerprint density at radius 3 is 2.81 bits per heavy atom. The lowest BCUT2D eigenvalue weighted by Gasteiger charge is -2.35. The Bertz CT molecular complexity index is 865. The van der Waals surface area contributed by atoms with Gasteiger partial charge in [-0.15, -0.1) is 0 Å². The molecule has 2 aromatic carbocycles. The van der Waals surface area contributed by atoms with Crippen LogP contribution in [0.2, 0.25) is 0 Å². The Balaban J connectivity index is 1.53. The molecule has 4 rings (SSSR count). The summed E-state index contributed by atoms with van der Waals surface area (Å²) in [6.07, 6.45) is 0.766. The van der Waals surface area contributed by atoms with E-state index in [-0.39, 0.29) is 18.6 Å². The maximum absolute atomic E-state index is 12.9. The second-order valence-corrected chi connectivity index (χ2v) is 6.47. The van der Waals surface area contributed by atoms with Gasteiger partial charge in [0.05, 0.1) is 0 Å². The van der Waals surface area contributed by atoms with E-state index >= 15 is 0 Å². The van der Waals surface area contributed by atoms with Gasteiger partial charge in [-0.05, 0) is 35.2 Å². The zero-order valence-electron chi connectivity index (χ0n) is 14.5. The molecule has 0 spiro atoms. The summed E-state index contributed by atoms with van der Waals surface area (Å²) in [5.41, 5.74) is 2.94. The van der Waals surface area contributed by atoms with Crippen molar-refractivity contribution in [3.05, 3.63) is 59.2 Å². The summed E-state index contributed by atoms with van der Waals surface area (Å²) in [5.74, 6) is 1.13. The first kappa shape index (κ1) is 16.4. The monoisotopic (exact) mass is 352 g/mol. The topological polar surface area (TPSA) is 67.9 Å². The first-order chi connectivity index (χ1) is 12.6. The fraction of sp³-hybridized carbons (Fsp3) is 0.300. The number of ether oxygens (including phenoxy) is 2. The minimum atomic E-state index is -0.591. The number of amides is 2. The molecule has 6 heteroatoms. The molecule has 26 heavy (non-hydrogen) atoms. The van der Waals surface area contributed by atoms with Gasteiger partial charge < -0.3 is 19.7 Å². The van der Waals surface area contributed by atoms with Crippen molar-refractivity contribution in [2.75, 3.05) is 13.3 Å². The largest absolute Gasteiger partial charge is 0.454 e. The lowest BCUT2D eigenvalue weighted by molar-refractivity contribution is -0.139. The second-order valence-electron chi connectivity index (χ2n) is 6.47. The van der Waals surface area contributed by atoms with Gasteiger partial charge >= 0.3 is 0 Å². The number of fused-ring (bicyclic) bond motifs is 2. The van der Waals surface area contributed by atoms with E-state index in [1.807, 2.05) is 42.5 Å². The van der Waals surface area contributed by atoms with E-state index < -0.39 is 6.04 Å². The normalized spacial score (nSPS) is 17.6. The molecule has 6 nitrogen and oxygen atoms in total. The van der Waals surface area contributed by atoms with Crippen molar-refractivity contribution < 1.29 is 19.1 Å². The Hall–Kier alpha value is -3.02. The molecule has 0 radical (unpaired) electrons. The molecule has 1 atom stereocenters. The van der Waals surface area contributed by atoms with Crippen LogP contribution in [0, 0.1) is 0 Å². The Morgan fingerprint density at radius 1 is 1.15 bits per heavy atom. The molecule has 0 bridgehead atoms. The predicted octanol–water partition coefficient (Wildman–Crippen LogP) is 2.18. The Morgan fingerprint density at radius 2 is 1.96 bits per heavy atom. The van der Waals surface area contributed by atoms with Crippen molar-refractivity contribution in [3.63, 3.8) is 0 Å². The quantitative estimate of drug-likeness (QED) is 0.919. The summed E-state index contributed by atoms with van der Waals surface area (Å²) in [5, 5.41) is 2.96. The lowest BCUT2D eigenvalue weighted by atomic mass is 9.92. The van der Waals surface area contributed by atoms with E-state index in [1.165, 1.54) is 6.92 Å². The summed E-state index contributed by atoms with van der Waals surface area (Å²) in [6.45, 7) is 2.64. The maximum Gasteiger partial charge on any atom is 0.247 e. The first-order valence-corrected chi connectivity index (χ1v) is 8.65. The van der Waals surface area contributed by atoms with E-state index in [0.717, 1.165) is 23.1 Å². The SMILES string of the molecule is CC(=O)N1CCc2ccccc2C1C(=O)NCc1ccc2c(c1)OCO2. The van der Waals surface area contributed by atoms with Crippen molar-refractivity contribution in [2.24, 2.45) is 0 Å². The van der Waals surface area contributed by atoms with E-state index in [0.29, 0.717) is 24.6 Å². The van der Waals surface area contributed by atoms with Crippen LogP contribution in [-0.4, -0.2) is 30.1 Å². The van der Waals surface area contributed by atoms with E-state index in [4.69, 9.17) is 9.47 Å². The molecule has 2 aliphatic heterocycles. The van der Waals surface area contributed by atoms with Crippen molar-refractivity contribution in [2.45, 2.75) is 25.9 Å². The van der Waals surface area contributed by atoms with E-state index in [2.05, 4.69) is 5.32 Å². The van der Waals surface area contributed by atoms with Gasteiger partial charge in [0.2, 0.25) is 18.6 Å². The Labute approximate surface area is 151 Å². The molecule has 1 unspecified atom stereocenters. The lowest BCUT2D eigenvalue weighted by Crippen LogP contribution is -2.46. The standard InChI is InChI=1S/C20H20N2O4/c1-13(23)22-9-8-15-4-2-3-5-16(15)19(22)20(24)21-11-14-6-7-17-18(10-14)26-12-25-17/h2-7,10,19H,8-9,11-12H2,1H3,(H,21,24). The highest BCUT2D eigenvalue weighted by Crippen LogP contribution is 2.33. The summed E-state index contributed by atoms with van der Waals surface area (Å²) in [7, 11) is 0. The molecule has 2 aliphatic rings. The third kappa shape index (κ3) is 2.98. The van der Waals surface area contributed by atoms with Crippen LogP contribution < -0.4 is 14.8 Å². The molecule has 0 aliphatic carbocycles. The zero-order chi connectivity index (χ0) is 18.1. The molecule has 2 aromatic rings. The molecule has 134 valence electrons. The predicted molar refractivity (Wildman–Crippen MR) is 94.7 cm³/mol. The number of nitrogens with one attached hydrogen (secondary N) is 1. The van der Waals surface area contributed by atoms with Crippen LogP contribution >= 0.6 is 0 Å². The first-order valence-electron chi connectivity index (χ1n) is 8.65. The van der Waals surface area contributed by atoms with Crippen LogP contribution in [0.15, 0.2) is 42.5 Å². The number of nitrogens with zero attached hydrogens (tertiary/aromatic N) is 1. The molecule has 1 N–H and O–H groups in total. The van der Waals surface area contributed by atoms with Crippen molar-refractivity contribution in [3.8, 4) is 11.5 Å². The van der Waals surface area contributed by atoms with Crippen molar-refractivity contribution in [1.82, 2.24) is 10.2 Å². The molecular formula is C20H20N2O4. The van der Waals surface area contributed by atoms with Gasteiger partial charge in [0.25, 0.3) is 0 Å². The van der Waals surface area contributed by atoms with Gasteiger partial charge in [-0.3, -0.25) is 9.59 Å². The molecule has 0 aromatic heterocycles. The molecule has 2 heterocycles. The minimum Gasteiger partial charge on any atom is -0.454 e. The summed E-state index contributed by atoms with van der Waals surface area (Å²) in [6, 6.07) is 12.8. The highest BCUT2D eigenvalue weighted by molar-refractivity contribution is 5.88. The average Bonchev–Trinajstić information content (AvgIpc) is 3.12.